The Morgan fingerprint density at radius 2 is 1.73 bits per heavy atom. The highest BCUT2D eigenvalue weighted by Gasteiger charge is 2.21. The van der Waals surface area contributed by atoms with Gasteiger partial charge in [-0.15, -0.1) is 0 Å². The first-order valence-corrected chi connectivity index (χ1v) is 6.14. The van der Waals surface area contributed by atoms with E-state index in [1.165, 1.54) is 0 Å². The van der Waals surface area contributed by atoms with Gasteiger partial charge in [0.1, 0.15) is 11.0 Å². The average Bonchev–Trinajstić information content (AvgIpc) is 2.06. The molecule has 0 N–H and O–H groups in total. The van der Waals surface area contributed by atoms with E-state index in [-0.39, 0.29) is 5.41 Å². The Hall–Kier alpha value is -0.150. The Labute approximate surface area is 105 Å². The van der Waals surface area contributed by atoms with E-state index in [1.807, 2.05) is 0 Å². The van der Waals surface area contributed by atoms with E-state index < -0.39 is 0 Å². The molecule has 0 saturated heterocycles. The molecular formula is C11H16BrClN2. The highest BCUT2D eigenvalue weighted by molar-refractivity contribution is 9.10. The van der Waals surface area contributed by atoms with Gasteiger partial charge in [-0.25, -0.2) is 9.97 Å². The molecule has 1 rings (SSSR count). The van der Waals surface area contributed by atoms with Crippen LogP contribution in [0, 0.1) is 0 Å². The normalized spacial score (nSPS) is 12.3. The SMILES string of the molecule is CC(C)c1nc(C(C)(C)C)nc(Cl)c1Br. The molecule has 0 saturated carbocycles. The zero-order valence-corrected chi connectivity index (χ0v) is 12.1. The first-order valence-electron chi connectivity index (χ1n) is 4.97. The van der Waals surface area contributed by atoms with Gasteiger partial charge in [0, 0.05) is 5.41 Å². The van der Waals surface area contributed by atoms with Crippen molar-refractivity contribution in [3.8, 4) is 0 Å². The molecule has 0 bridgehead atoms. The molecule has 15 heavy (non-hydrogen) atoms. The monoisotopic (exact) mass is 290 g/mol. The minimum absolute atomic E-state index is 0.0754. The van der Waals surface area contributed by atoms with Crippen LogP contribution in [0.15, 0.2) is 4.47 Å². The van der Waals surface area contributed by atoms with Crippen molar-refractivity contribution < 1.29 is 0 Å². The standard InChI is InChI=1S/C11H16BrClN2/c1-6(2)8-7(12)9(13)15-10(14-8)11(3,4)5/h6H,1-5H3. The number of halogens is 2. The fraction of sp³-hybridized carbons (Fsp3) is 0.636. The van der Waals surface area contributed by atoms with Crippen LogP contribution in [0.2, 0.25) is 5.15 Å². The summed E-state index contributed by atoms with van der Waals surface area (Å²) in [6.07, 6.45) is 0. The summed E-state index contributed by atoms with van der Waals surface area (Å²) >= 11 is 9.50. The average molecular weight is 292 g/mol. The van der Waals surface area contributed by atoms with Gasteiger partial charge in [0.15, 0.2) is 0 Å². The van der Waals surface area contributed by atoms with E-state index >= 15 is 0 Å². The lowest BCUT2D eigenvalue weighted by molar-refractivity contribution is 0.538. The minimum atomic E-state index is -0.0754. The summed E-state index contributed by atoms with van der Waals surface area (Å²) in [6.45, 7) is 10.4. The molecule has 0 aromatic carbocycles. The second-order valence-corrected chi connectivity index (χ2v) is 6.09. The van der Waals surface area contributed by atoms with Gasteiger partial charge in [0.05, 0.1) is 10.2 Å². The molecular weight excluding hydrogens is 275 g/mol. The van der Waals surface area contributed by atoms with Crippen LogP contribution in [0.4, 0.5) is 0 Å². The topological polar surface area (TPSA) is 25.8 Å². The number of hydrogen-bond acceptors (Lipinski definition) is 2. The van der Waals surface area contributed by atoms with E-state index in [1.54, 1.807) is 0 Å². The molecule has 0 spiro atoms. The smallest absolute Gasteiger partial charge is 0.147 e. The van der Waals surface area contributed by atoms with Crippen molar-refractivity contribution in [2.45, 2.75) is 46.0 Å². The zero-order chi connectivity index (χ0) is 11.8. The molecule has 0 fully saturated rings. The van der Waals surface area contributed by atoms with Gasteiger partial charge in [-0.05, 0) is 21.8 Å². The second-order valence-electron chi connectivity index (χ2n) is 4.94. The quantitative estimate of drug-likeness (QED) is 0.720. The highest BCUT2D eigenvalue weighted by Crippen LogP contribution is 2.31. The summed E-state index contributed by atoms with van der Waals surface area (Å²) in [5.41, 5.74) is 0.897. The van der Waals surface area contributed by atoms with E-state index in [0.29, 0.717) is 11.1 Å². The van der Waals surface area contributed by atoms with Crippen LogP contribution in [0.5, 0.6) is 0 Å². The van der Waals surface area contributed by atoms with Crippen LogP contribution in [0.25, 0.3) is 0 Å². The lowest BCUT2D eigenvalue weighted by Gasteiger charge is -2.19. The fourth-order valence-electron chi connectivity index (χ4n) is 1.15. The maximum atomic E-state index is 6.07. The first-order chi connectivity index (χ1) is 6.73. The van der Waals surface area contributed by atoms with Crippen LogP contribution in [-0.4, -0.2) is 9.97 Å². The number of hydrogen-bond donors (Lipinski definition) is 0. The largest absolute Gasteiger partial charge is 0.236 e. The van der Waals surface area contributed by atoms with E-state index in [2.05, 4.69) is 60.5 Å². The summed E-state index contributed by atoms with van der Waals surface area (Å²) in [5, 5.41) is 0.499. The third-order valence-electron chi connectivity index (χ3n) is 2.05. The summed E-state index contributed by atoms with van der Waals surface area (Å²) in [5.74, 6) is 1.13. The van der Waals surface area contributed by atoms with Crippen molar-refractivity contribution in [3.63, 3.8) is 0 Å². The predicted molar refractivity (Wildman–Crippen MR) is 67.5 cm³/mol. The maximum Gasteiger partial charge on any atom is 0.147 e. The third kappa shape index (κ3) is 2.91. The van der Waals surface area contributed by atoms with E-state index in [9.17, 15) is 0 Å². The molecule has 0 aliphatic heterocycles. The summed E-state index contributed by atoms with van der Waals surface area (Å²) in [6, 6.07) is 0. The molecule has 0 unspecified atom stereocenters. The van der Waals surface area contributed by atoms with Crippen LogP contribution in [-0.2, 0) is 5.41 Å². The molecule has 4 heteroatoms. The number of rotatable bonds is 1. The molecule has 1 heterocycles. The van der Waals surface area contributed by atoms with Crippen LogP contribution < -0.4 is 0 Å². The van der Waals surface area contributed by atoms with E-state index in [0.717, 1.165) is 16.0 Å². The summed E-state index contributed by atoms with van der Waals surface area (Å²) < 4.78 is 0.812. The van der Waals surface area contributed by atoms with Gasteiger partial charge in [0.25, 0.3) is 0 Å². The Bertz CT molecular complexity index is 370. The molecule has 0 amide bonds. The Balaban J connectivity index is 3.36. The van der Waals surface area contributed by atoms with Gasteiger partial charge in [-0.3, -0.25) is 0 Å². The first kappa shape index (κ1) is 12.9. The van der Waals surface area contributed by atoms with Gasteiger partial charge < -0.3 is 0 Å². The maximum absolute atomic E-state index is 6.07. The predicted octanol–water partition coefficient (Wildman–Crippen LogP) is 4.31. The molecule has 0 radical (unpaired) electrons. The molecule has 0 aliphatic carbocycles. The summed E-state index contributed by atoms with van der Waals surface area (Å²) in [4.78, 5) is 8.86. The third-order valence-corrected chi connectivity index (χ3v) is 3.34. The zero-order valence-electron chi connectivity index (χ0n) is 9.73. The van der Waals surface area contributed by atoms with Crippen LogP contribution in [0.3, 0.4) is 0 Å². The number of nitrogens with zero attached hydrogens (tertiary/aromatic N) is 2. The highest BCUT2D eigenvalue weighted by atomic mass is 79.9. The molecule has 84 valence electrons. The molecule has 0 atom stereocenters. The molecule has 1 aromatic heterocycles. The lowest BCUT2D eigenvalue weighted by Crippen LogP contribution is -2.18. The van der Waals surface area contributed by atoms with Gasteiger partial charge in [-0.1, -0.05) is 46.2 Å². The van der Waals surface area contributed by atoms with Crippen molar-refractivity contribution in [1.82, 2.24) is 9.97 Å². The van der Waals surface area contributed by atoms with Crippen LogP contribution >= 0.6 is 27.5 Å². The van der Waals surface area contributed by atoms with Gasteiger partial charge >= 0.3 is 0 Å². The van der Waals surface area contributed by atoms with Crippen molar-refractivity contribution in [2.24, 2.45) is 0 Å². The van der Waals surface area contributed by atoms with E-state index in [4.69, 9.17) is 11.6 Å². The van der Waals surface area contributed by atoms with Crippen molar-refractivity contribution in [3.05, 3.63) is 21.1 Å². The van der Waals surface area contributed by atoms with Crippen molar-refractivity contribution in [2.75, 3.05) is 0 Å². The Morgan fingerprint density at radius 1 is 1.20 bits per heavy atom. The fourth-order valence-corrected chi connectivity index (χ4v) is 1.97. The molecule has 2 nitrogen and oxygen atoms in total. The van der Waals surface area contributed by atoms with Gasteiger partial charge in [-0.2, -0.15) is 0 Å². The second kappa shape index (κ2) is 4.38. The summed E-state index contributed by atoms with van der Waals surface area (Å²) in [7, 11) is 0. The van der Waals surface area contributed by atoms with Crippen molar-refractivity contribution in [1.29, 1.82) is 0 Å². The van der Waals surface area contributed by atoms with Gasteiger partial charge in [0.2, 0.25) is 0 Å². The van der Waals surface area contributed by atoms with Crippen LogP contribution in [0.1, 0.15) is 52.1 Å². The molecule has 1 aromatic rings. The minimum Gasteiger partial charge on any atom is -0.236 e. The molecule has 0 aliphatic rings. The lowest BCUT2D eigenvalue weighted by atomic mass is 9.95. The van der Waals surface area contributed by atoms with Crippen molar-refractivity contribution >= 4 is 27.5 Å². The number of aromatic nitrogens is 2. The Morgan fingerprint density at radius 3 is 2.13 bits per heavy atom. The Kier molecular flexibility index (Phi) is 3.77.